The molecule has 0 aromatic carbocycles. The van der Waals surface area contributed by atoms with Gasteiger partial charge in [0.05, 0.1) is 6.42 Å². The smallest absolute Gasteiger partial charge is 0.228 e. The van der Waals surface area contributed by atoms with Gasteiger partial charge >= 0.3 is 0 Å². The molecule has 0 aromatic heterocycles. The van der Waals surface area contributed by atoms with Crippen LogP contribution in [0.2, 0.25) is 0 Å². The molecule has 0 rings (SSSR count). The van der Waals surface area contributed by atoms with Crippen LogP contribution in [0.4, 0.5) is 0 Å². The first-order chi connectivity index (χ1) is 6.90. The fourth-order valence-corrected chi connectivity index (χ4v) is 2.30. The summed E-state index contributed by atoms with van der Waals surface area (Å²) >= 11 is 7.44. The number of halogens is 1. The average Bonchev–Trinajstić information content (AvgIpc) is 2.01. The zero-order valence-electron chi connectivity index (χ0n) is 10.1. The minimum atomic E-state index is 0.0929. The van der Waals surface area contributed by atoms with Crippen LogP contribution in [0.1, 0.15) is 34.1 Å². The Morgan fingerprint density at radius 3 is 2.13 bits per heavy atom. The molecule has 0 bridgehead atoms. The molecule has 0 saturated heterocycles. The van der Waals surface area contributed by atoms with E-state index in [-0.39, 0.29) is 18.0 Å². The molecule has 2 nitrogen and oxygen atoms in total. The summed E-state index contributed by atoms with van der Waals surface area (Å²) in [5, 5.41) is 2.41. The van der Waals surface area contributed by atoms with Crippen LogP contribution in [0.25, 0.3) is 0 Å². The molecule has 88 valence electrons. The molecule has 15 heavy (non-hydrogen) atoms. The van der Waals surface area contributed by atoms with Crippen molar-refractivity contribution in [1.82, 2.24) is 4.90 Å². The van der Waals surface area contributed by atoms with E-state index in [1.54, 1.807) is 5.41 Å². The molecule has 0 atom stereocenters. The van der Waals surface area contributed by atoms with E-state index in [1.807, 2.05) is 38.9 Å². The highest BCUT2D eigenvalue weighted by Crippen LogP contribution is 2.16. The van der Waals surface area contributed by atoms with Crippen molar-refractivity contribution < 1.29 is 4.79 Å². The van der Waals surface area contributed by atoms with E-state index in [0.717, 1.165) is 0 Å². The van der Waals surface area contributed by atoms with E-state index in [9.17, 15) is 4.79 Å². The standard InChI is InChI=1S/C11H20ClNOS/c1-8(2)13(9(3)4)11(14)6-10(12)7-15-5/h7-9H,6H2,1-5H3/b10-7-. The molecule has 0 N–H and O–H groups in total. The zero-order chi connectivity index (χ0) is 12.0. The number of carbonyl (C=O) groups excluding carboxylic acids is 1. The summed E-state index contributed by atoms with van der Waals surface area (Å²) in [6, 6.07) is 0.437. The Balaban J connectivity index is 4.46. The van der Waals surface area contributed by atoms with Crippen molar-refractivity contribution in [3.63, 3.8) is 0 Å². The fraction of sp³-hybridized carbons (Fsp3) is 0.727. The summed E-state index contributed by atoms with van der Waals surface area (Å²) in [7, 11) is 0. The number of nitrogens with zero attached hydrogens (tertiary/aromatic N) is 1. The topological polar surface area (TPSA) is 20.3 Å². The normalized spacial score (nSPS) is 12.4. The Labute approximate surface area is 102 Å². The van der Waals surface area contributed by atoms with Gasteiger partial charge in [-0.25, -0.2) is 0 Å². The minimum absolute atomic E-state index is 0.0929. The maximum absolute atomic E-state index is 11.9. The Morgan fingerprint density at radius 2 is 1.80 bits per heavy atom. The molecular weight excluding hydrogens is 230 g/mol. The third-order valence-corrected chi connectivity index (χ3v) is 2.86. The SMILES string of the molecule is CS/C=C(\Cl)CC(=O)N(C(C)C)C(C)C. The number of hydrogen-bond acceptors (Lipinski definition) is 2. The molecule has 0 fully saturated rings. The van der Waals surface area contributed by atoms with Gasteiger partial charge in [-0.2, -0.15) is 0 Å². The summed E-state index contributed by atoms with van der Waals surface area (Å²) < 4.78 is 0. The predicted molar refractivity (Wildman–Crippen MR) is 69.2 cm³/mol. The molecule has 0 spiro atoms. The second kappa shape index (κ2) is 7.18. The van der Waals surface area contributed by atoms with Crippen LogP contribution in [-0.4, -0.2) is 29.1 Å². The maximum atomic E-state index is 11.9. The van der Waals surface area contributed by atoms with Crippen LogP contribution in [0.5, 0.6) is 0 Å². The monoisotopic (exact) mass is 249 g/mol. The lowest BCUT2D eigenvalue weighted by atomic mass is 10.2. The average molecular weight is 250 g/mol. The summed E-state index contributed by atoms with van der Waals surface area (Å²) in [5.74, 6) is 0.0929. The molecular formula is C11H20ClNOS. The van der Waals surface area contributed by atoms with Crippen LogP contribution in [0, 0.1) is 0 Å². The Morgan fingerprint density at radius 1 is 1.33 bits per heavy atom. The molecule has 0 aliphatic rings. The third kappa shape index (κ3) is 5.47. The van der Waals surface area contributed by atoms with Gasteiger partial charge in [-0.3, -0.25) is 4.79 Å². The lowest BCUT2D eigenvalue weighted by molar-refractivity contribution is -0.133. The Kier molecular flexibility index (Phi) is 7.11. The van der Waals surface area contributed by atoms with Crippen molar-refractivity contribution in [3.8, 4) is 0 Å². The van der Waals surface area contributed by atoms with E-state index in [4.69, 9.17) is 11.6 Å². The predicted octanol–water partition coefficient (Wildman–Crippen LogP) is 3.47. The van der Waals surface area contributed by atoms with Gasteiger partial charge in [0.2, 0.25) is 5.91 Å². The highest BCUT2D eigenvalue weighted by Gasteiger charge is 2.20. The number of amides is 1. The van der Waals surface area contributed by atoms with Crippen LogP contribution < -0.4 is 0 Å². The van der Waals surface area contributed by atoms with Gasteiger partial charge in [0.15, 0.2) is 0 Å². The van der Waals surface area contributed by atoms with Gasteiger partial charge in [0, 0.05) is 17.1 Å². The number of hydrogen-bond donors (Lipinski definition) is 0. The number of thioether (sulfide) groups is 1. The molecule has 0 aliphatic heterocycles. The van der Waals surface area contributed by atoms with Gasteiger partial charge < -0.3 is 4.90 Å². The van der Waals surface area contributed by atoms with Crippen molar-refractivity contribution >= 4 is 29.3 Å². The minimum Gasteiger partial charge on any atom is -0.338 e. The number of carbonyl (C=O) groups is 1. The van der Waals surface area contributed by atoms with E-state index in [0.29, 0.717) is 11.5 Å². The van der Waals surface area contributed by atoms with Crippen LogP contribution >= 0.6 is 23.4 Å². The largest absolute Gasteiger partial charge is 0.338 e. The van der Waals surface area contributed by atoms with Crippen molar-refractivity contribution in [2.24, 2.45) is 0 Å². The molecule has 0 radical (unpaired) electrons. The molecule has 1 amide bonds. The molecule has 0 unspecified atom stereocenters. The van der Waals surface area contributed by atoms with Crippen molar-refractivity contribution in [3.05, 3.63) is 10.4 Å². The second-order valence-electron chi connectivity index (χ2n) is 3.97. The first kappa shape index (κ1) is 14.8. The highest BCUT2D eigenvalue weighted by molar-refractivity contribution is 8.01. The first-order valence-electron chi connectivity index (χ1n) is 5.08. The summed E-state index contributed by atoms with van der Waals surface area (Å²) in [5.41, 5.74) is 0. The lowest BCUT2D eigenvalue weighted by Crippen LogP contribution is -2.41. The Hall–Kier alpha value is -0.150. The van der Waals surface area contributed by atoms with Gasteiger partial charge in [-0.15, -0.1) is 11.8 Å². The van der Waals surface area contributed by atoms with Gasteiger partial charge in [-0.05, 0) is 39.4 Å². The second-order valence-corrected chi connectivity index (χ2v) is 5.16. The van der Waals surface area contributed by atoms with Crippen LogP contribution in [0.3, 0.4) is 0 Å². The van der Waals surface area contributed by atoms with E-state index in [2.05, 4.69) is 0 Å². The lowest BCUT2D eigenvalue weighted by Gasteiger charge is -2.30. The summed E-state index contributed by atoms with van der Waals surface area (Å²) in [4.78, 5) is 13.8. The summed E-state index contributed by atoms with van der Waals surface area (Å²) in [6.07, 6.45) is 2.23. The van der Waals surface area contributed by atoms with E-state index >= 15 is 0 Å². The van der Waals surface area contributed by atoms with Gasteiger partial charge in [0.1, 0.15) is 0 Å². The molecule has 0 saturated carbocycles. The molecule has 0 aromatic rings. The molecule has 0 heterocycles. The van der Waals surface area contributed by atoms with E-state index < -0.39 is 0 Å². The Bertz CT molecular complexity index is 231. The fourth-order valence-electron chi connectivity index (χ4n) is 1.58. The first-order valence-corrected chi connectivity index (χ1v) is 6.75. The van der Waals surface area contributed by atoms with Crippen molar-refractivity contribution in [2.45, 2.75) is 46.2 Å². The van der Waals surface area contributed by atoms with Gasteiger partial charge in [0.25, 0.3) is 0 Å². The maximum Gasteiger partial charge on any atom is 0.228 e. The quantitative estimate of drug-likeness (QED) is 0.744. The van der Waals surface area contributed by atoms with Crippen LogP contribution in [-0.2, 0) is 4.79 Å². The molecule has 0 aliphatic carbocycles. The van der Waals surface area contributed by atoms with E-state index in [1.165, 1.54) is 11.8 Å². The summed E-state index contributed by atoms with van der Waals surface area (Å²) in [6.45, 7) is 8.07. The highest BCUT2D eigenvalue weighted by atomic mass is 35.5. The molecule has 4 heteroatoms. The third-order valence-electron chi connectivity index (χ3n) is 1.97. The zero-order valence-corrected chi connectivity index (χ0v) is 11.7. The van der Waals surface area contributed by atoms with Gasteiger partial charge in [-0.1, -0.05) is 11.6 Å². The van der Waals surface area contributed by atoms with Crippen LogP contribution in [0.15, 0.2) is 10.4 Å². The van der Waals surface area contributed by atoms with Crippen molar-refractivity contribution in [2.75, 3.05) is 6.26 Å². The number of rotatable bonds is 5. The van der Waals surface area contributed by atoms with Crippen molar-refractivity contribution in [1.29, 1.82) is 0 Å².